The van der Waals surface area contributed by atoms with Crippen molar-refractivity contribution in [1.82, 2.24) is 0 Å². The maximum absolute atomic E-state index is 6.25. The van der Waals surface area contributed by atoms with E-state index < -0.39 is 0 Å². The minimum absolute atomic E-state index is 0. The molecule has 0 fully saturated rings. The van der Waals surface area contributed by atoms with Crippen molar-refractivity contribution in [3.63, 3.8) is 0 Å². The van der Waals surface area contributed by atoms with Gasteiger partial charge in [0.2, 0.25) is 0 Å². The zero-order chi connectivity index (χ0) is 12.0. The first kappa shape index (κ1) is 117. The van der Waals surface area contributed by atoms with E-state index in [0.717, 1.165) is 0 Å². The Bertz CT molecular complexity index is 103. The van der Waals surface area contributed by atoms with Crippen LogP contribution in [0, 0.1) is 71.0 Å². The molecule has 6 nitrogen and oxygen atoms in total. The Hall–Kier alpha value is -0.982. The Balaban J connectivity index is -0.00000000321. The van der Waals surface area contributed by atoms with E-state index in [2.05, 4.69) is 0 Å². The molecule has 0 N–H and O–H groups in total. The smallest absolute Gasteiger partial charge is 0.512 e. The molecule has 0 aliphatic carbocycles. The summed E-state index contributed by atoms with van der Waals surface area (Å²) in [4.78, 5) is 0. The van der Waals surface area contributed by atoms with Crippen molar-refractivity contribution < 1.29 is 68.3 Å². The van der Waals surface area contributed by atoms with Crippen molar-refractivity contribution in [2.75, 3.05) is 0 Å². The molecule has 0 heterocycles. The first-order valence-electron chi connectivity index (χ1n) is 1.34. The summed E-state index contributed by atoms with van der Waals surface area (Å²) in [6.07, 6.45) is 0. The Morgan fingerprint density at radius 2 is 0.312 bits per heavy atom. The molecular formula is C6FeMn3N6-. The third-order valence-corrected chi connectivity index (χ3v) is 0. The number of hydrogen-bond acceptors (Lipinski definition) is 6. The molecule has 0 aromatic rings. The summed E-state index contributed by atoms with van der Waals surface area (Å²) in [5.74, 6) is 0. The van der Waals surface area contributed by atoms with Gasteiger partial charge in [-0.2, -0.15) is 0 Å². The first-order chi connectivity index (χ1) is 6.00. The molecule has 0 saturated heterocycles. The van der Waals surface area contributed by atoms with E-state index in [-0.39, 0.29) is 68.3 Å². The molecular weight excluding hydrogens is 377 g/mol. The van der Waals surface area contributed by atoms with E-state index >= 15 is 0 Å². The fourth-order valence-electron chi connectivity index (χ4n) is 0. The van der Waals surface area contributed by atoms with Gasteiger partial charge in [-0.05, 0) is 0 Å². The zero-order valence-corrected chi connectivity index (χ0v) is 11.8. The van der Waals surface area contributed by atoms with Gasteiger partial charge in [-0.25, -0.2) is 0 Å². The quantitative estimate of drug-likeness (QED) is 0.446. The van der Waals surface area contributed by atoms with Crippen LogP contribution in [0.5, 0.6) is 0 Å². The van der Waals surface area contributed by atoms with Gasteiger partial charge in [0.15, 0.2) is 0 Å². The molecule has 0 aromatic carbocycles. The number of hydrogen-bond donors (Lipinski definition) is 0. The molecule has 84 valence electrons. The van der Waals surface area contributed by atoms with E-state index in [9.17, 15) is 0 Å². The largest absolute Gasteiger partial charge is 5.00 e. The molecule has 0 aromatic heterocycles. The first-order valence-corrected chi connectivity index (χ1v) is 1.34. The molecule has 0 spiro atoms. The Morgan fingerprint density at radius 1 is 0.312 bits per heavy atom. The minimum Gasteiger partial charge on any atom is -0.512 e. The van der Waals surface area contributed by atoms with Gasteiger partial charge in [0.05, 0.1) is 0 Å². The van der Waals surface area contributed by atoms with Gasteiger partial charge in [-0.1, -0.05) is 0 Å². The summed E-state index contributed by atoms with van der Waals surface area (Å²) in [5.41, 5.74) is 0. The van der Waals surface area contributed by atoms with Crippen molar-refractivity contribution >= 4 is 0 Å². The maximum atomic E-state index is 6.25. The second-order valence-electron chi connectivity index (χ2n) is 0. The Labute approximate surface area is 138 Å². The topological polar surface area (TPSA) is 143 Å². The van der Waals surface area contributed by atoms with Crippen LogP contribution < -0.4 is 0 Å². The molecule has 0 atom stereocenters. The monoisotopic (exact) mass is 377 g/mol. The Kier molecular flexibility index (Phi) is 18000. The van der Waals surface area contributed by atoms with Crippen LogP contribution in [0.1, 0.15) is 0 Å². The van der Waals surface area contributed by atoms with Gasteiger partial charge < -0.3 is 71.0 Å². The summed E-state index contributed by atoms with van der Waals surface area (Å²) in [5, 5.41) is 37.5. The molecule has 0 aliphatic heterocycles. The predicted molar refractivity (Wildman–Crippen MR) is 29.8 cm³/mol. The molecule has 0 unspecified atom stereocenters. The van der Waals surface area contributed by atoms with Crippen molar-refractivity contribution in [2.45, 2.75) is 0 Å². The van der Waals surface area contributed by atoms with Crippen LogP contribution in [-0.4, -0.2) is 0 Å². The predicted octanol–water partition coefficient (Wildman–Crippen LogP) is 0.568. The molecule has 0 bridgehead atoms. The van der Waals surface area contributed by atoms with Crippen LogP contribution >= 0.6 is 0 Å². The molecule has 0 aliphatic rings. The van der Waals surface area contributed by atoms with E-state index in [0.29, 0.717) is 0 Å². The van der Waals surface area contributed by atoms with Crippen LogP contribution in [0.25, 0.3) is 0 Å². The van der Waals surface area contributed by atoms with Crippen LogP contribution in [0.2, 0.25) is 0 Å². The summed E-state index contributed by atoms with van der Waals surface area (Å²) in [6.45, 7) is 28.5. The average Bonchev–Trinajstić information content (AvgIpc) is 2.33. The van der Waals surface area contributed by atoms with E-state index in [1.165, 1.54) is 0 Å². The summed E-state index contributed by atoms with van der Waals surface area (Å²) in [7, 11) is 0. The zero-order valence-electron chi connectivity index (χ0n) is 7.17. The molecule has 4 radical (unpaired) electrons. The van der Waals surface area contributed by atoms with Gasteiger partial charge in [0.25, 0.3) is 0 Å². The fourth-order valence-corrected chi connectivity index (χ4v) is 0. The maximum Gasteiger partial charge on any atom is 5.00 e. The fraction of sp³-hybridized carbons (Fsp3) is 0. The van der Waals surface area contributed by atoms with Gasteiger partial charge in [0, 0.05) is 51.2 Å². The SMILES string of the molecule is [C-]#N.[C-]#N.[C-]#N.[C-]#N.[C-]#N.[C-]#N.[Fe+5].[Mn].[Mn].[Mn]. The molecule has 10 heteroatoms. The van der Waals surface area contributed by atoms with Crippen molar-refractivity contribution in [3.05, 3.63) is 39.4 Å². The molecule has 0 saturated carbocycles. The van der Waals surface area contributed by atoms with E-state index in [4.69, 9.17) is 71.0 Å². The molecule has 0 rings (SSSR count). The Morgan fingerprint density at radius 3 is 0.312 bits per heavy atom. The van der Waals surface area contributed by atoms with E-state index in [1.54, 1.807) is 0 Å². The standard InChI is InChI=1S/6CN.Fe.3Mn/c6*1-2;;;;/q6*-1;+5;;;. The van der Waals surface area contributed by atoms with Gasteiger partial charge in [-0.15, -0.1) is 0 Å². The third kappa shape index (κ3) is 1950. The van der Waals surface area contributed by atoms with Crippen LogP contribution in [-0.2, 0) is 68.3 Å². The minimum atomic E-state index is 0. The molecule has 16 heavy (non-hydrogen) atoms. The van der Waals surface area contributed by atoms with Crippen LogP contribution in [0.15, 0.2) is 0 Å². The molecule has 0 amide bonds. The van der Waals surface area contributed by atoms with Gasteiger partial charge in [-0.3, -0.25) is 0 Å². The average molecular weight is 377 g/mol. The number of rotatable bonds is 0. The second-order valence-corrected chi connectivity index (χ2v) is 0. The van der Waals surface area contributed by atoms with Crippen molar-refractivity contribution in [3.8, 4) is 0 Å². The normalized spacial score (nSPS) is 0.750. The van der Waals surface area contributed by atoms with E-state index in [1.807, 2.05) is 0 Å². The summed E-state index contributed by atoms with van der Waals surface area (Å²) in [6, 6.07) is 0. The van der Waals surface area contributed by atoms with Crippen molar-refractivity contribution in [1.29, 1.82) is 31.6 Å². The summed E-state index contributed by atoms with van der Waals surface area (Å²) < 4.78 is 0. The van der Waals surface area contributed by atoms with Crippen LogP contribution in [0.3, 0.4) is 0 Å². The van der Waals surface area contributed by atoms with Crippen LogP contribution in [0.4, 0.5) is 0 Å². The van der Waals surface area contributed by atoms with Crippen molar-refractivity contribution in [2.24, 2.45) is 0 Å². The van der Waals surface area contributed by atoms with Gasteiger partial charge in [0.1, 0.15) is 0 Å². The second kappa shape index (κ2) is 2460. The third-order valence-electron chi connectivity index (χ3n) is 0. The number of nitrogens with zero attached hydrogens (tertiary/aromatic N) is 6. The summed E-state index contributed by atoms with van der Waals surface area (Å²) >= 11 is 0. The van der Waals surface area contributed by atoms with Gasteiger partial charge >= 0.3 is 17.1 Å².